The third-order valence-corrected chi connectivity index (χ3v) is 22.1. The molecule has 0 radical (unpaired) electrons. The fourth-order valence-electron chi connectivity index (χ4n) is 10.7. The lowest BCUT2D eigenvalue weighted by atomic mass is 9.78. The van der Waals surface area contributed by atoms with Crippen LogP contribution in [0.3, 0.4) is 0 Å². The van der Waals surface area contributed by atoms with E-state index in [1.54, 1.807) is 0 Å². The molecule has 0 bridgehead atoms. The lowest BCUT2D eigenvalue weighted by Crippen LogP contribution is -2.56. The summed E-state index contributed by atoms with van der Waals surface area (Å²) in [5, 5.41) is 64.7. The molecule has 0 fully saturated rings. The molecule has 0 amide bonds. The summed E-state index contributed by atoms with van der Waals surface area (Å²) in [6, 6.07) is -12.8. The van der Waals surface area contributed by atoms with Crippen molar-refractivity contribution >= 4 is 18.8 Å². The molecule has 3 aromatic carbocycles. The van der Waals surface area contributed by atoms with Gasteiger partial charge in [0, 0.05) is 40.7 Å². The molecule has 0 saturated carbocycles. The average Bonchev–Trinajstić information content (AvgIpc) is 0.697. The zero-order valence-corrected chi connectivity index (χ0v) is 51.0. The molecule has 0 aromatic heterocycles. The molecule has 7 N–H and O–H groups in total. The second-order valence-electron chi connectivity index (χ2n) is 23.4. The fraction of sp³-hybridized carbons (Fsp3) is 0.630. The van der Waals surface area contributed by atoms with Gasteiger partial charge in [-0.15, -0.1) is 0 Å². The first kappa shape index (κ1) is 92.6. The molecule has 0 heterocycles. The first-order valence-electron chi connectivity index (χ1n) is 27.7. The molecular formula is C54H44F42O7Si. The third-order valence-electron chi connectivity index (χ3n) is 16.6. The summed E-state index contributed by atoms with van der Waals surface area (Å²) in [7, 11) is -4.96. The van der Waals surface area contributed by atoms with Crippen molar-refractivity contribution in [1.29, 1.82) is 0 Å². The maximum absolute atomic E-state index is 15.0. The van der Waals surface area contributed by atoms with Crippen molar-refractivity contribution in [3.63, 3.8) is 0 Å². The molecule has 0 aliphatic carbocycles. The summed E-state index contributed by atoms with van der Waals surface area (Å²) in [6.45, 7) is 0. The Hall–Kier alpha value is -5.60. The average molecular weight is 1630 g/mol. The highest BCUT2D eigenvalue weighted by Crippen LogP contribution is 2.61. The van der Waals surface area contributed by atoms with Gasteiger partial charge in [-0.3, -0.25) is 0 Å². The van der Waals surface area contributed by atoms with E-state index in [1.165, 1.54) is 0 Å². The van der Waals surface area contributed by atoms with Crippen LogP contribution >= 0.6 is 0 Å². The molecule has 0 aliphatic rings. The van der Waals surface area contributed by atoms with Gasteiger partial charge in [-0.1, -0.05) is 92.0 Å². The van der Waals surface area contributed by atoms with E-state index >= 15 is 0 Å². The van der Waals surface area contributed by atoms with E-state index in [0.29, 0.717) is 0 Å². The molecule has 104 heavy (non-hydrogen) atoms. The Morgan fingerprint density at radius 2 is 0.490 bits per heavy atom. The van der Waals surface area contributed by atoms with Crippen molar-refractivity contribution in [2.45, 2.75) is 208 Å². The highest BCUT2D eigenvalue weighted by molar-refractivity contribution is 6.79. The van der Waals surface area contributed by atoms with Gasteiger partial charge in [0.05, 0.1) is 8.07 Å². The summed E-state index contributed by atoms with van der Waals surface area (Å²) in [6.07, 6.45) is -116. The van der Waals surface area contributed by atoms with Crippen molar-refractivity contribution in [2.24, 2.45) is 0 Å². The first-order chi connectivity index (χ1) is 45.6. The van der Waals surface area contributed by atoms with E-state index in [2.05, 4.69) is 0 Å². The van der Waals surface area contributed by atoms with Crippen molar-refractivity contribution in [1.82, 2.24) is 0 Å². The van der Waals surface area contributed by atoms with Crippen LogP contribution in [0.15, 0.2) is 66.8 Å². The largest absolute Gasteiger partial charge is 0.430 e. The number of unbranched alkanes of at least 4 members (excludes halogenated alkanes) is 2. The Kier molecular flexibility index (Phi) is 25.6. The zero-order valence-electron chi connectivity index (χ0n) is 50.0. The maximum atomic E-state index is 15.0. The molecule has 3 aromatic rings. The van der Waals surface area contributed by atoms with Crippen molar-refractivity contribution in [3.8, 4) is 0 Å². The number of hydrogen-bond donors (Lipinski definition) is 7. The van der Waals surface area contributed by atoms with Gasteiger partial charge >= 0.3 is 86.5 Å². The van der Waals surface area contributed by atoms with Gasteiger partial charge in [-0.2, -0.15) is 184 Å². The molecule has 50 heteroatoms. The summed E-state index contributed by atoms with van der Waals surface area (Å²) >= 11 is 0. The number of aliphatic hydroxyl groups is 7. The minimum atomic E-state index is -7.77. The van der Waals surface area contributed by atoms with Crippen molar-refractivity contribution < 1.29 is 220 Å². The lowest BCUT2D eigenvalue weighted by molar-refractivity contribution is -0.379. The summed E-state index contributed by atoms with van der Waals surface area (Å²) < 4.78 is 598. The Morgan fingerprint density at radius 3 is 0.769 bits per heavy atom. The van der Waals surface area contributed by atoms with Gasteiger partial charge in [0.15, 0.2) is 0 Å². The van der Waals surface area contributed by atoms with E-state index in [0.717, 1.165) is 0 Å². The topological polar surface area (TPSA) is 142 Å². The number of aryl methyl sites for hydroxylation is 2. The monoisotopic (exact) mass is 1630 g/mol. The second-order valence-corrected chi connectivity index (χ2v) is 28.4. The Bertz CT molecular complexity index is 3280. The molecule has 0 spiro atoms. The smallest absolute Gasteiger partial charge is 0.373 e. The van der Waals surface area contributed by atoms with Crippen LogP contribution in [0.25, 0.3) is 10.8 Å². The van der Waals surface area contributed by atoms with E-state index in [-0.39, 0.29) is 24.3 Å². The molecule has 3 rings (SSSR count). The number of benzene rings is 3. The highest BCUT2D eigenvalue weighted by atomic mass is 28.3. The SMILES string of the molecule is OC(C/C=C/CCC[Si](CCC/C=C/CC(O)(C(F)(F)F)C(F)(F)F)(CCCc1cc(C(O)(C(F)(F)F)C(F)(F)F)cc(C(O)(C(F)(F)F)C(F)(F)F)c1)CCc1cc(C(O)(C(F)(F)F)C(F)(F)F)c2cc(C(O)(C(F)(F)F)C(F)(F)F)cc(C(O)(C(F)(F)F)C(F)(F)F)c2c1)(C(F)(F)F)C(F)(F)F. The van der Waals surface area contributed by atoms with Gasteiger partial charge in [-0.05, 0) is 65.8 Å². The normalized spacial score (nSPS) is 15.8. The fourth-order valence-corrected chi connectivity index (χ4v) is 15.8. The van der Waals surface area contributed by atoms with Gasteiger partial charge in [-0.25, -0.2) is 0 Å². The van der Waals surface area contributed by atoms with Gasteiger partial charge in [0.1, 0.15) is 0 Å². The predicted octanol–water partition coefficient (Wildman–Crippen LogP) is 19.2. The molecule has 7 nitrogen and oxygen atoms in total. The van der Waals surface area contributed by atoms with Crippen LogP contribution in [0, 0.1) is 0 Å². The molecular weight excluding hydrogens is 1590 g/mol. The number of hydrogen-bond acceptors (Lipinski definition) is 7. The van der Waals surface area contributed by atoms with Crippen LogP contribution < -0.4 is 0 Å². The van der Waals surface area contributed by atoms with E-state index < -0.39 is 308 Å². The van der Waals surface area contributed by atoms with Gasteiger partial charge < -0.3 is 35.7 Å². The number of halogens is 42. The zero-order chi connectivity index (χ0) is 82.2. The predicted molar refractivity (Wildman–Crippen MR) is 268 cm³/mol. The lowest BCUT2D eigenvalue weighted by Gasteiger charge is -2.38. The second kappa shape index (κ2) is 28.8. The number of rotatable bonds is 24. The molecule has 600 valence electrons. The quantitative estimate of drug-likeness (QED) is 0.0205. The summed E-state index contributed by atoms with van der Waals surface area (Å²) in [4.78, 5) is 0. The van der Waals surface area contributed by atoms with Crippen LogP contribution in [0.5, 0.6) is 0 Å². The molecule has 0 saturated heterocycles. The number of alkyl halides is 42. The van der Waals surface area contributed by atoms with Crippen molar-refractivity contribution in [3.05, 3.63) is 106 Å². The summed E-state index contributed by atoms with van der Waals surface area (Å²) in [5.41, 5.74) is -67.0. The van der Waals surface area contributed by atoms with E-state index in [9.17, 15) is 220 Å². The van der Waals surface area contributed by atoms with E-state index in [1.807, 2.05) is 0 Å². The first-order valence-corrected chi connectivity index (χ1v) is 30.5. The Labute approximate surface area is 552 Å². The maximum Gasteiger partial charge on any atom is 0.430 e. The van der Waals surface area contributed by atoms with Crippen LogP contribution in [-0.4, -0.2) is 141 Å². The minimum Gasteiger partial charge on any atom is -0.373 e. The standard InChI is InChI=1S/C54H44F42O7Si/c55-41(56,57)34(97,42(58,59)60)12-5-1-3-7-14-104(15-8-4-2-6-13-35(98,43(61,62)63)44(64,65)66,16-9-10-25-18-27(36(99,45(67,68)69)46(70,71)72)22-28(19-25)37(100,47(73,74)75)48(76,77)78)17-11-26-20-30-31(32(21-26)39(102,51(85,86)87)52(88,89)90)23-29(38(101,49(79,80)81)50(82,83)84)24-33(30)40(103,53(91,92)93)54(94,95)96/h1-2,5-6,18-24,97-103H,3-4,7-17H2/b5-1+,6-2+. The van der Waals surface area contributed by atoms with Gasteiger partial charge in [0.2, 0.25) is 0 Å². The molecule has 0 atom stereocenters. The van der Waals surface area contributed by atoms with Gasteiger partial charge in [0.25, 0.3) is 39.2 Å². The third kappa shape index (κ3) is 17.3. The van der Waals surface area contributed by atoms with Crippen LogP contribution in [-0.2, 0) is 40.8 Å². The molecule has 0 unspecified atom stereocenters. The number of allylic oxidation sites excluding steroid dienone is 2. The number of fused-ring (bicyclic) bond motifs is 1. The highest BCUT2D eigenvalue weighted by Gasteiger charge is 2.78. The molecule has 0 aliphatic heterocycles. The van der Waals surface area contributed by atoms with Crippen LogP contribution in [0.4, 0.5) is 184 Å². The van der Waals surface area contributed by atoms with Crippen molar-refractivity contribution in [2.75, 3.05) is 0 Å². The van der Waals surface area contributed by atoms with Crippen LogP contribution in [0.2, 0.25) is 24.2 Å². The Balaban J connectivity index is 2.80. The Morgan fingerprint density at radius 1 is 0.240 bits per heavy atom. The van der Waals surface area contributed by atoms with E-state index in [4.69, 9.17) is 0 Å². The van der Waals surface area contributed by atoms with Crippen LogP contribution in [0.1, 0.15) is 83.9 Å². The summed E-state index contributed by atoms with van der Waals surface area (Å²) in [5.74, 6) is 0. The minimum absolute atomic E-state index is 0.149.